The minimum Gasteiger partial charge on any atom is -0.495 e. The van der Waals surface area contributed by atoms with Crippen LogP contribution in [0.1, 0.15) is 32.1 Å². The second-order valence-electron chi connectivity index (χ2n) is 15.5. The summed E-state index contributed by atoms with van der Waals surface area (Å²) in [5.74, 6) is -0.736. The lowest BCUT2D eigenvalue weighted by Crippen LogP contribution is -2.57. The fourth-order valence-corrected chi connectivity index (χ4v) is 9.13. The van der Waals surface area contributed by atoms with E-state index >= 15 is 13.2 Å². The maximum absolute atomic E-state index is 15.7. The molecule has 0 bridgehead atoms. The van der Waals surface area contributed by atoms with Crippen LogP contribution in [0.2, 0.25) is 0 Å². The zero-order valence-electron chi connectivity index (χ0n) is 29.3. The molecule has 3 aliphatic carbocycles. The molecule has 2 saturated heterocycles. The molecule has 5 atom stereocenters. The Bertz CT molecular complexity index is 1750. The Kier molecular flexibility index (Phi) is 9.27. The van der Waals surface area contributed by atoms with Crippen LogP contribution in [-0.4, -0.2) is 129 Å². The Morgan fingerprint density at radius 1 is 1.02 bits per heavy atom. The molecule has 10 nitrogen and oxygen atoms in total. The van der Waals surface area contributed by atoms with E-state index in [4.69, 9.17) is 9.47 Å². The summed E-state index contributed by atoms with van der Waals surface area (Å²) in [5.41, 5.74) is 3.60. The van der Waals surface area contributed by atoms with Crippen LogP contribution in [0.25, 0.3) is 0 Å². The fraction of sp³-hybridized carbons (Fsp3) is 0.590. The largest absolute Gasteiger partial charge is 0.495 e. The summed E-state index contributed by atoms with van der Waals surface area (Å²) in [5, 5.41) is 17.8. The number of halogens is 3. The molecule has 0 radical (unpaired) electrons. The molecule has 0 spiro atoms. The maximum atomic E-state index is 15.7. The van der Waals surface area contributed by atoms with Crippen molar-refractivity contribution in [2.24, 2.45) is 22.7 Å². The zero-order chi connectivity index (χ0) is 35.5. The van der Waals surface area contributed by atoms with E-state index in [-0.39, 0.29) is 67.1 Å². The third kappa shape index (κ3) is 6.42. The van der Waals surface area contributed by atoms with Crippen molar-refractivity contribution in [1.29, 1.82) is 0 Å². The van der Waals surface area contributed by atoms with Crippen LogP contribution in [0.4, 0.5) is 13.2 Å². The number of hydrogen-bond donors (Lipinski definition) is 3. The predicted octanol–water partition coefficient (Wildman–Crippen LogP) is 3.34. The molecular weight excluding hydrogens is 673 g/mol. The predicted molar refractivity (Wildman–Crippen MR) is 189 cm³/mol. The highest BCUT2D eigenvalue weighted by Gasteiger charge is 2.43. The topological polar surface area (TPSA) is 102 Å². The summed E-state index contributed by atoms with van der Waals surface area (Å²) >= 11 is 0. The first-order chi connectivity index (χ1) is 25.3. The molecule has 6 aliphatic heterocycles. The first-order valence-corrected chi connectivity index (χ1v) is 18.9. The number of dihydropyridines is 1. The monoisotopic (exact) mass is 720 g/mol. The smallest absolute Gasteiger partial charge is 0.264 e. The van der Waals surface area contributed by atoms with Crippen molar-refractivity contribution in [3.05, 3.63) is 81.0 Å². The van der Waals surface area contributed by atoms with Gasteiger partial charge in [0.05, 0.1) is 38.4 Å². The van der Waals surface area contributed by atoms with Crippen LogP contribution in [0.15, 0.2) is 86.0 Å². The summed E-state index contributed by atoms with van der Waals surface area (Å²) in [7, 11) is 0. The summed E-state index contributed by atoms with van der Waals surface area (Å²) in [6.45, 7) is 6.26. The Labute approximate surface area is 302 Å². The van der Waals surface area contributed by atoms with E-state index in [0.717, 1.165) is 69.1 Å². The van der Waals surface area contributed by atoms with E-state index < -0.39 is 24.5 Å². The number of aliphatic hydroxyl groups excluding tert-OH is 1. The molecule has 2 unspecified atom stereocenters. The average Bonchev–Trinajstić information content (AvgIpc) is 3.90. The summed E-state index contributed by atoms with van der Waals surface area (Å²) in [6.07, 6.45) is 9.48. The van der Waals surface area contributed by atoms with Gasteiger partial charge in [-0.2, -0.15) is 0 Å². The van der Waals surface area contributed by atoms with Crippen LogP contribution in [0.5, 0.6) is 0 Å². The molecule has 9 aliphatic rings. The number of hydrogen-bond acceptors (Lipinski definition) is 9. The van der Waals surface area contributed by atoms with Crippen molar-refractivity contribution in [2.45, 2.75) is 56.5 Å². The standard InChI is InChI=1S/C39H47F3N6O4/c40-25-13-28(30(19-49)35(14-25)48-9-10-52-36-12-23(22-1-2-22)11-32(42)37(36)39(48)50)27-3-4-43-38-29(27)15-34(45-38)33-16-31(41)24(17-44-33)18-46-5-7-47(8-6-46)26-20-51-21-26/h3-4,11,14-15,22-23,25-26,29,33,38,44-45,49H,1-2,5-10,12-13,16-21H2/t23-,25?,29+,33+,38?/m0/s1. The number of aliphatic imine (C=N–C) groups is 1. The van der Waals surface area contributed by atoms with Crippen molar-refractivity contribution in [3.63, 3.8) is 0 Å². The van der Waals surface area contributed by atoms with E-state index in [1.165, 1.54) is 11.0 Å². The van der Waals surface area contributed by atoms with Gasteiger partial charge in [-0.05, 0) is 59.6 Å². The molecule has 1 amide bonds. The van der Waals surface area contributed by atoms with Crippen LogP contribution in [0.3, 0.4) is 0 Å². The molecule has 1 saturated carbocycles. The van der Waals surface area contributed by atoms with Gasteiger partial charge in [-0.15, -0.1) is 0 Å². The molecule has 0 aromatic heterocycles. The van der Waals surface area contributed by atoms with E-state index in [9.17, 15) is 9.90 Å². The summed E-state index contributed by atoms with van der Waals surface area (Å²) < 4.78 is 58.2. The fourth-order valence-electron chi connectivity index (χ4n) is 9.13. The van der Waals surface area contributed by atoms with Gasteiger partial charge < -0.3 is 30.1 Å². The second kappa shape index (κ2) is 14.1. The number of amides is 1. The number of rotatable bonds is 8. The molecule has 52 heavy (non-hydrogen) atoms. The quantitative estimate of drug-likeness (QED) is 0.352. The van der Waals surface area contributed by atoms with Crippen LogP contribution in [-0.2, 0) is 14.3 Å². The first-order valence-electron chi connectivity index (χ1n) is 18.9. The molecule has 0 aromatic carbocycles. The van der Waals surface area contributed by atoms with Gasteiger partial charge in [-0.1, -0.05) is 6.08 Å². The number of alkyl halides is 1. The number of allylic oxidation sites excluding steroid dienone is 5. The third-order valence-corrected chi connectivity index (χ3v) is 12.3. The van der Waals surface area contributed by atoms with E-state index in [2.05, 4.69) is 25.4 Å². The third-order valence-electron chi connectivity index (χ3n) is 12.3. The number of nitrogens with zero attached hydrogens (tertiary/aromatic N) is 4. The van der Waals surface area contributed by atoms with Crippen molar-refractivity contribution in [3.8, 4) is 0 Å². The van der Waals surface area contributed by atoms with E-state index in [1.807, 2.05) is 12.2 Å². The number of fused-ring (bicyclic) bond motifs is 1. The van der Waals surface area contributed by atoms with Gasteiger partial charge >= 0.3 is 0 Å². The van der Waals surface area contributed by atoms with Gasteiger partial charge in [-0.25, -0.2) is 13.2 Å². The summed E-state index contributed by atoms with van der Waals surface area (Å²) in [4.78, 5) is 24.8. The Morgan fingerprint density at radius 3 is 2.58 bits per heavy atom. The lowest BCUT2D eigenvalue weighted by atomic mass is 9.80. The number of piperazine rings is 1. The highest BCUT2D eigenvalue weighted by molar-refractivity contribution is 5.99. The molecule has 3 N–H and O–H groups in total. The Morgan fingerprint density at radius 2 is 1.85 bits per heavy atom. The number of carbonyl (C=O) groups is 1. The number of ether oxygens (including phenoxy) is 2. The van der Waals surface area contributed by atoms with Gasteiger partial charge in [0, 0.05) is 87.6 Å². The van der Waals surface area contributed by atoms with Crippen molar-refractivity contribution < 1.29 is 32.5 Å². The first kappa shape index (κ1) is 34.3. The van der Waals surface area contributed by atoms with E-state index in [0.29, 0.717) is 48.4 Å². The molecule has 13 heteroatoms. The van der Waals surface area contributed by atoms with Gasteiger partial charge in [0.15, 0.2) is 0 Å². The van der Waals surface area contributed by atoms with Crippen molar-refractivity contribution >= 4 is 12.1 Å². The maximum Gasteiger partial charge on any atom is 0.264 e. The van der Waals surface area contributed by atoms with Crippen LogP contribution < -0.4 is 10.6 Å². The molecule has 0 aromatic rings. The molecule has 6 heterocycles. The Hall–Kier alpha value is -3.49. The molecule has 9 rings (SSSR count). The van der Waals surface area contributed by atoms with Gasteiger partial charge in [0.25, 0.3) is 5.91 Å². The number of nitrogens with one attached hydrogen (secondary N) is 2. The molecule has 3 fully saturated rings. The average molecular weight is 721 g/mol. The van der Waals surface area contributed by atoms with Crippen LogP contribution >= 0.6 is 0 Å². The van der Waals surface area contributed by atoms with Gasteiger partial charge in [0.2, 0.25) is 0 Å². The van der Waals surface area contributed by atoms with Crippen molar-refractivity contribution in [1.82, 2.24) is 25.3 Å². The number of carbonyl (C=O) groups excluding carboxylic acids is 1. The lowest BCUT2D eigenvalue weighted by molar-refractivity contribution is -0.125. The normalized spacial score (nSPS) is 33.4. The highest BCUT2D eigenvalue weighted by Crippen LogP contribution is 2.47. The SMILES string of the molecule is O=C1C2=C(C[C@@H](C3CC3)C=C2F)OCCN1C1=CC(F)CC(C2=CC=NC3NC([C@H]4CC(F)=C(CN5CCN(C6COC6)CC5)CN4)=C[C@H]23)=C1CO. The minimum atomic E-state index is -1.43. The zero-order valence-corrected chi connectivity index (χ0v) is 29.3. The summed E-state index contributed by atoms with van der Waals surface area (Å²) in [6, 6.07) is 0.260. The number of aliphatic hydroxyl groups is 1. The van der Waals surface area contributed by atoms with E-state index in [1.54, 1.807) is 12.3 Å². The minimum absolute atomic E-state index is 0.0143. The second-order valence-corrected chi connectivity index (χ2v) is 15.5. The van der Waals surface area contributed by atoms with Crippen LogP contribution in [0, 0.1) is 17.8 Å². The van der Waals surface area contributed by atoms with Crippen molar-refractivity contribution in [2.75, 3.05) is 72.2 Å². The molecule has 278 valence electrons. The Balaban J connectivity index is 0.916. The lowest BCUT2D eigenvalue weighted by Gasteiger charge is -2.43. The van der Waals surface area contributed by atoms with Gasteiger partial charge in [-0.3, -0.25) is 19.6 Å². The van der Waals surface area contributed by atoms with Gasteiger partial charge in [0.1, 0.15) is 41.9 Å². The molecular formula is C39H47F3N6O4. The highest BCUT2D eigenvalue weighted by atomic mass is 19.1.